The Hall–Kier alpha value is -1.05. The van der Waals surface area contributed by atoms with Crippen LogP contribution in [0.4, 0.5) is 0 Å². The van der Waals surface area contributed by atoms with Gasteiger partial charge in [-0.25, -0.2) is 0 Å². The molecule has 1 saturated carbocycles. The van der Waals surface area contributed by atoms with E-state index < -0.39 is 0 Å². The molecule has 3 aliphatic rings. The van der Waals surface area contributed by atoms with Crippen molar-refractivity contribution in [3.8, 4) is 0 Å². The van der Waals surface area contributed by atoms with Gasteiger partial charge in [-0.3, -0.25) is 4.79 Å². The number of hydrogen-bond acceptors (Lipinski definition) is 1. The van der Waals surface area contributed by atoms with E-state index in [0.29, 0.717) is 5.92 Å². The standard InChI is InChI=1S/C10H11NO/c1-11-5-8-3-6-2-7(6)4-9(8)10(11)12/h3-4,6-7H,2,5H2,1H3. The molecule has 2 nitrogen and oxygen atoms in total. The van der Waals surface area contributed by atoms with Crippen LogP contribution in [0, 0.1) is 11.8 Å². The molecule has 0 radical (unpaired) electrons. The van der Waals surface area contributed by atoms with E-state index in [2.05, 4.69) is 12.2 Å². The fourth-order valence-corrected chi connectivity index (χ4v) is 2.17. The number of likely N-dealkylation sites (tertiary alicyclic amines) is 1. The van der Waals surface area contributed by atoms with Crippen molar-refractivity contribution in [3.63, 3.8) is 0 Å². The molecule has 1 heterocycles. The largest absolute Gasteiger partial charge is 0.337 e. The highest BCUT2D eigenvalue weighted by molar-refractivity contribution is 6.01. The second kappa shape index (κ2) is 1.82. The number of amides is 1. The van der Waals surface area contributed by atoms with Crippen LogP contribution in [0.2, 0.25) is 0 Å². The Balaban J connectivity index is 2.07. The van der Waals surface area contributed by atoms with Gasteiger partial charge in [-0.1, -0.05) is 12.2 Å². The van der Waals surface area contributed by atoms with Crippen molar-refractivity contribution in [2.75, 3.05) is 13.6 Å². The van der Waals surface area contributed by atoms with Crippen LogP contribution in [0.25, 0.3) is 0 Å². The molecule has 0 aromatic heterocycles. The maximum atomic E-state index is 11.5. The molecule has 2 aliphatic carbocycles. The number of hydrogen-bond donors (Lipinski definition) is 0. The number of allylic oxidation sites excluding steroid dienone is 2. The maximum Gasteiger partial charge on any atom is 0.253 e. The zero-order valence-electron chi connectivity index (χ0n) is 7.08. The fraction of sp³-hybridized carbons (Fsp3) is 0.500. The summed E-state index contributed by atoms with van der Waals surface area (Å²) in [6, 6.07) is 0. The molecular formula is C10H11NO. The van der Waals surface area contributed by atoms with Gasteiger partial charge in [-0.2, -0.15) is 0 Å². The predicted molar refractivity (Wildman–Crippen MR) is 45.4 cm³/mol. The van der Waals surface area contributed by atoms with E-state index in [4.69, 9.17) is 0 Å². The Labute approximate surface area is 71.5 Å². The molecule has 12 heavy (non-hydrogen) atoms. The quantitative estimate of drug-likeness (QED) is 0.518. The highest BCUT2D eigenvalue weighted by atomic mass is 16.2. The molecule has 1 amide bonds. The van der Waals surface area contributed by atoms with Gasteiger partial charge in [0.1, 0.15) is 0 Å². The predicted octanol–water partition coefficient (Wildman–Crippen LogP) is 0.961. The van der Waals surface area contributed by atoms with Crippen LogP contribution >= 0.6 is 0 Å². The molecule has 0 aromatic rings. The van der Waals surface area contributed by atoms with Crippen molar-refractivity contribution in [1.82, 2.24) is 4.90 Å². The van der Waals surface area contributed by atoms with E-state index in [1.807, 2.05) is 7.05 Å². The van der Waals surface area contributed by atoms with E-state index in [-0.39, 0.29) is 5.91 Å². The van der Waals surface area contributed by atoms with Gasteiger partial charge in [0.05, 0.1) is 0 Å². The van der Waals surface area contributed by atoms with Crippen molar-refractivity contribution in [1.29, 1.82) is 0 Å². The van der Waals surface area contributed by atoms with Crippen LogP contribution in [0.1, 0.15) is 6.42 Å². The summed E-state index contributed by atoms with van der Waals surface area (Å²) < 4.78 is 0. The molecule has 2 heteroatoms. The highest BCUT2D eigenvalue weighted by Gasteiger charge is 2.41. The number of likely N-dealkylation sites (N-methyl/N-ethyl adjacent to an activating group) is 1. The lowest BCUT2D eigenvalue weighted by molar-refractivity contribution is -0.123. The molecule has 0 aromatic carbocycles. The lowest BCUT2D eigenvalue weighted by Gasteiger charge is -2.03. The second-order valence-electron chi connectivity index (χ2n) is 4.00. The molecule has 1 aliphatic heterocycles. The number of carbonyl (C=O) groups excluding carboxylic acids is 1. The average molecular weight is 161 g/mol. The first-order valence-corrected chi connectivity index (χ1v) is 4.44. The summed E-state index contributed by atoms with van der Waals surface area (Å²) in [5, 5.41) is 0. The summed E-state index contributed by atoms with van der Waals surface area (Å²) in [4.78, 5) is 13.3. The molecule has 2 atom stereocenters. The van der Waals surface area contributed by atoms with Crippen LogP contribution in [-0.2, 0) is 4.79 Å². The lowest BCUT2D eigenvalue weighted by Crippen LogP contribution is -2.19. The van der Waals surface area contributed by atoms with Crippen molar-refractivity contribution in [3.05, 3.63) is 23.3 Å². The molecule has 2 fully saturated rings. The smallest absolute Gasteiger partial charge is 0.253 e. The van der Waals surface area contributed by atoms with Gasteiger partial charge >= 0.3 is 0 Å². The molecular weight excluding hydrogens is 150 g/mol. The number of carbonyl (C=O) groups is 1. The zero-order valence-corrected chi connectivity index (χ0v) is 7.08. The second-order valence-corrected chi connectivity index (χ2v) is 4.00. The normalized spacial score (nSPS) is 37.1. The van der Waals surface area contributed by atoms with E-state index in [0.717, 1.165) is 18.0 Å². The number of fused-ring (bicyclic) bond motifs is 2. The first kappa shape index (κ1) is 6.46. The molecule has 0 spiro atoms. The average Bonchev–Trinajstić information content (AvgIpc) is 2.74. The summed E-state index contributed by atoms with van der Waals surface area (Å²) >= 11 is 0. The molecule has 3 rings (SSSR count). The molecule has 0 bridgehead atoms. The van der Waals surface area contributed by atoms with E-state index in [1.165, 1.54) is 12.0 Å². The Kier molecular flexibility index (Phi) is 0.978. The van der Waals surface area contributed by atoms with E-state index >= 15 is 0 Å². The summed E-state index contributed by atoms with van der Waals surface area (Å²) in [5.74, 6) is 1.67. The van der Waals surface area contributed by atoms with E-state index in [1.54, 1.807) is 4.90 Å². The Bertz CT molecular complexity index is 327. The SMILES string of the molecule is CN1CC2=CC3CC3C=C2C1=O. The van der Waals surface area contributed by atoms with Crippen molar-refractivity contribution < 1.29 is 4.79 Å². The Morgan fingerprint density at radius 1 is 1.42 bits per heavy atom. The summed E-state index contributed by atoms with van der Waals surface area (Å²) in [6.07, 6.45) is 5.73. The van der Waals surface area contributed by atoms with Crippen molar-refractivity contribution in [2.24, 2.45) is 11.8 Å². The van der Waals surface area contributed by atoms with Crippen LogP contribution < -0.4 is 0 Å². The Morgan fingerprint density at radius 3 is 3.00 bits per heavy atom. The number of rotatable bonds is 0. The molecule has 1 saturated heterocycles. The fourth-order valence-electron chi connectivity index (χ4n) is 2.17. The lowest BCUT2D eigenvalue weighted by atomic mass is 10.0. The van der Waals surface area contributed by atoms with E-state index in [9.17, 15) is 4.79 Å². The highest BCUT2D eigenvalue weighted by Crippen LogP contribution is 2.47. The monoisotopic (exact) mass is 161 g/mol. The molecule has 0 N–H and O–H groups in total. The first-order valence-electron chi connectivity index (χ1n) is 4.44. The van der Waals surface area contributed by atoms with Crippen LogP contribution in [0.15, 0.2) is 23.3 Å². The van der Waals surface area contributed by atoms with Gasteiger partial charge in [0.25, 0.3) is 5.91 Å². The first-order chi connectivity index (χ1) is 5.75. The van der Waals surface area contributed by atoms with Crippen LogP contribution in [0.3, 0.4) is 0 Å². The minimum absolute atomic E-state index is 0.214. The van der Waals surface area contributed by atoms with Gasteiger partial charge in [0, 0.05) is 19.2 Å². The summed E-state index contributed by atoms with van der Waals surface area (Å²) in [6.45, 7) is 0.827. The van der Waals surface area contributed by atoms with Crippen molar-refractivity contribution in [2.45, 2.75) is 6.42 Å². The third-order valence-electron chi connectivity index (χ3n) is 3.02. The van der Waals surface area contributed by atoms with Gasteiger partial charge in [-0.15, -0.1) is 0 Å². The van der Waals surface area contributed by atoms with Crippen molar-refractivity contribution >= 4 is 5.91 Å². The van der Waals surface area contributed by atoms with Crippen LogP contribution in [0.5, 0.6) is 0 Å². The topological polar surface area (TPSA) is 20.3 Å². The zero-order chi connectivity index (χ0) is 8.29. The van der Waals surface area contributed by atoms with Gasteiger partial charge in [0.2, 0.25) is 0 Å². The maximum absolute atomic E-state index is 11.5. The third-order valence-corrected chi connectivity index (χ3v) is 3.02. The van der Waals surface area contributed by atoms with Gasteiger partial charge in [0.15, 0.2) is 0 Å². The summed E-state index contributed by atoms with van der Waals surface area (Å²) in [7, 11) is 1.87. The van der Waals surface area contributed by atoms with Gasteiger partial charge < -0.3 is 4.90 Å². The third kappa shape index (κ3) is 0.675. The Morgan fingerprint density at radius 2 is 2.17 bits per heavy atom. The summed E-state index contributed by atoms with van der Waals surface area (Å²) in [5.41, 5.74) is 2.25. The van der Waals surface area contributed by atoms with Crippen LogP contribution in [-0.4, -0.2) is 24.4 Å². The minimum atomic E-state index is 0.214. The molecule has 2 unspecified atom stereocenters. The van der Waals surface area contributed by atoms with Gasteiger partial charge in [-0.05, 0) is 23.8 Å². The molecule has 62 valence electrons. The number of nitrogens with zero attached hydrogens (tertiary/aromatic N) is 1. The minimum Gasteiger partial charge on any atom is -0.337 e.